The van der Waals surface area contributed by atoms with E-state index in [4.69, 9.17) is 0 Å². The van der Waals surface area contributed by atoms with E-state index < -0.39 is 12.1 Å². The van der Waals surface area contributed by atoms with E-state index in [1.165, 1.54) is 70.6 Å². The summed E-state index contributed by atoms with van der Waals surface area (Å²) in [5, 5.41) is 22.6. The molecule has 0 aliphatic rings. The third kappa shape index (κ3) is 12.7. The number of benzene rings is 1. The van der Waals surface area contributed by atoms with Crippen LogP contribution < -0.4 is 5.32 Å². The molecule has 0 aliphatic heterocycles. The zero-order chi connectivity index (χ0) is 21.2. The molecule has 1 amide bonds. The van der Waals surface area contributed by atoms with Crippen LogP contribution in [0.2, 0.25) is 0 Å². The minimum absolute atomic E-state index is 0.252. The highest BCUT2D eigenvalue weighted by Crippen LogP contribution is 2.14. The lowest BCUT2D eigenvalue weighted by molar-refractivity contribution is 0.0661. The largest absolute Gasteiger partial charge is 0.394 e. The van der Waals surface area contributed by atoms with Crippen LogP contribution in [0.1, 0.15) is 107 Å². The summed E-state index contributed by atoms with van der Waals surface area (Å²) in [6.07, 6.45) is 16.7. The molecular formula is C25H43NO3. The highest BCUT2D eigenvalue weighted by atomic mass is 16.3. The zero-order valence-corrected chi connectivity index (χ0v) is 18.5. The molecular weight excluding hydrogens is 362 g/mol. The van der Waals surface area contributed by atoms with Crippen LogP contribution in [-0.4, -0.2) is 34.9 Å². The SMILES string of the molecule is CCCCCCCCCCCCCCC[C@@H](O)[C@H](CO)NC(=O)c1ccccc1. The molecule has 0 bridgehead atoms. The Kier molecular flexibility index (Phi) is 15.4. The topological polar surface area (TPSA) is 69.6 Å². The minimum Gasteiger partial charge on any atom is -0.394 e. The van der Waals surface area contributed by atoms with E-state index in [0.717, 1.165) is 12.8 Å². The molecule has 0 fully saturated rings. The van der Waals surface area contributed by atoms with Crippen LogP contribution in [-0.2, 0) is 0 Å². The zero-order valence-electron chi connectivity index (χ0n) is 18.5. The molecule has 4 heteroatoms. The fraction of sp³-hybridized carbons (Fsp3) is 0.720. The van der Waals surface area contributed by atoms with Gasteiger partial charge in [-0.2, -0.15) is 0 Å². The molecule has 29 heavy (non-hydrogen) atoms. The van der Waals surface area contributed by atoms with Gasteiger partial charge in [0.2, 0.25) is 0 Å². The highest BCUT2D eigenvalue weighted by molar-refractivity contribution is 5.94. The number of unbranched alkanes of at least 4 members (excludes halogenated alkanes) is 12. The van der Waals surface area contributed by atoms with Crippen molar-refractivity contribution >= 4 is 5.91 Å². The van der Waals surface area contributed by atoms with Crippen LogP contribution >= 0.6 is 0 Å². The van der Waals surface area contributed by atoms with E-state index in [1.807, 2.05) is 6.07 Å². The maximum atomic E-state index is 12.2. The molecule has 0 unspecified atom stereocenters. The Morgan fingerprint density at radius 3 is 1.79 bits per heavy atom. The Morgan fingerprint density at radius 2 is 1.31 bits per heavy atom. The molecule has 2 atom stereocenters. The van der Waals surface area contributed by atoms with Gasteiger partial charge in [0.15, 0.2) is 0 Å². The summed E-state index contributed by atoms with van der Waals surface area (Å²) < 4.78 is 0. The molecule has 0 radical (unpaired) electrons. The van der Waals surface area contributed by atoms with Crippen molar-refractivity contribution in [2.45, 2.75) is 109 Å². The number of carbonyl (C=O) groups excluding carboxylic acids is 1. The Balaban J connectivity index is 2.02. The number of hydrogen-bond acceptors (Lipinski definition) is 3. The van der Waals surface area contributed by atoms with E-state index in [2.05, 4.69) is 12.2 Å². The first kappa shape index (κ1) is 25.6. The number of hydrogen-bond donors (Lipinski definition) is 3. The Bertz CT molecular complexity index is 506. The van der Waals surface area contributed by atoms with Gasteiger partial charge in [-0.1, -0.05) is 109 Å². The first-order valence-electron chi connectivity index (χ1n) is 11.8. The number of aliphatic hydroxyl groups excluding tert-OH is 2. The van der Waals surface area contributed by atoms with Gasteiger partial charge in [0.05, 0.1) is 18.8 Å². The maximum absolute atomic E-state index is 12.2. The van der Waals surface area contributed by atoms with Gasteiger partial charge in [-0.15, -0.1) is 0 Å². The molecule has 0 spiro atoms. The van der Waals surface area contributed by atoms with E-state index in [-0.39, 0.29) is 12.5 Å². The summed E-state index contributed by atoms with van der Waals surface area (Å²) in [6.45, 7) is 2.01. The number of aliphatic hydroxyl groups is 2. The Labute approximate surface area is 178 Å². The maximum Gasteiger partial charge on any atom is 0.251 e. The van der Waals surface area contributed by atoms with Crippen LogP contribution in [0.4, 0.5) is 0 Å². The van der Waals surface area contributed by atoms with Gasteiger partial charge in [0.25, 0.3) is 5.91 Å². The quantitative estimate of drug-likeness (QED) is 0.278. The van der Waals surface area contributed by atoms with E-state index in [1.54, 1.807) is 24.3 Å². The summed E-state index contributed by atoms with van der Waals surface area (Å²) >= 11 is 0. The molecule has 0 saturated heterocycles. The van der Waals surface area contributed by atoms with E-state index >= 15 is 0 Å². The average molecular weight is 406 g/mol. The third-order valence-electron chi connectivity index (χ3n) is 5.62. The average Bonchev–Trinajstić information content (AvgIpc) is 2.75. The standard InChI is InChI=1S/C25H43NO3/c1-2-3-4-5-6-7-8-9-10-11-12-13-17-20-24(28)23(21-27)26-25(29)22-18-15-14-16-19-22/h14-16,18-19,23-24,27-28H,2-13,17,20-21H2,1H3,(H,26,29)/t23-,24+/m0/s1. The van der Waals surface area contributed by atoms with Crippen LogP contribution in [0.25, 0.3) is 0 Å². The van der Waals surface area contributed by atoms with E-state index in [9.17, 15) is 15.0 Å². The fourth-order valence-electron chi connectivity index (χ4n) is 3.68. The predicted octanol–water partition coefficient (Wildman–Crippen LogP) is 5.62. The van der Waals surface area contributed by atoms with Crippen molar-refractivity contribution in [1.29, 1.82) is 0 Å². The van der Waals surface area contributed by atoms with Gasteiger partial charge in [-0.3, -0.25) is 4.79 Å². The molecule has 0 heterocycles. The fourth-order valence-corrected chi connectivity index (χ4v) is 3.68. The Hall–Kier alpha value is -1.39. The first-order valence-corrected chi connectivity index (χ1v) is 11.8. The second kappa shape index (κ2) is 17.5. The van der Waals surface area contributed by atoms with Crippen molar-refractivity contribution in [1.82, 2.24) is 5.32 Å². The third-order valence-corrected chi connectivity index (χ3v) is 5.62. The summed E-state index contributed by atoms with van der Waals surface area (Å²) in [4.78, 5) is 12.2. The van der Waals surface area contributed by atoms with Crippen LogP contribution in [0.5, 0.6) is 0 Å². The molecule has 1 aromatic carbocycles. The molecule has 0 saturated carbocycles. The molecule has 3 N–H and O–H groups in total. The second-order valence-electron chi connectivity index (χ2n) is 8.23. The lowest BCUT2D eigenvalue weighted by atomic mass is 10.0. The summed E-state index contributed by atoms with van der Waals surface area (Å²) in [5.41, 5.74) is 0.541. The van der Waals surface area contributed by atoms with Gasteiger partial charge < -0.3 is 15.5 Å². The minimum atomic E-state index is -0.708. The first-order chi connectivity index (χ1) is 14.2. The molecule has 166 valence electrons. The van der Waals surface area contributed by atoms with E-state index in [0.29, 0.717) is 12.0 Å². The normalized spacial score (nSPS) is 13.2. The van der Waals surface area contributed by atoms with Gasteiger partial charge in [-0.05, 0) is 18.6 Å². The van der Waals surface area contributed by atoms with Crippen molar-refractivity contribution < 1.29 is 15.0 Å². The summed E-state index contributed by atoms with van der Waals surface area (Å²) in [7, 11) is 0. The molecule has 4 nitrogen and oxygen atoms in total. The predicted molar refractivity (Wildman–Crippen MR) is 121 cm³/mol. The van der Waals surface area contributed by atoms with Crippen molar-refractivity contribution in [3.8, 4) is 0 Å². The second-order valence-corrected chi connectivity index (χ2v) is 8.23. The summed E-state index contributed by atoms with van der Waals surface area (Å²) in [5.74, 6) is -0.255. The van der Waals surface area contributed by atoms with Crippen molar-refractivity contribution in [2.75, 3.05) is 6.61 Å². The van der Waals surface area contributed by atoms with Gasteiger partial charge in [0.1, 0.15) is 0 Å². The van der Waals surface area contributed by atoms with Crippen molar-refractivity contribution in [3.63, 3.8) is 0 Å². The van der Waals surface area contributed by atoms with Crippen molar-refractivity contribution in [3.05, 3.63) is 35.9 Å². The Morgan fingerprint density at radius 1 is 0.828 bits per heavy atom. The monoisotopic (exact) mass is 405 g/mol. The molecule has 1 aromatic rings. The van der Waals surface area contributed by atoms with Gasteiger partial charge in [-0.25, -0.2) is 0 Å². The lowest BCUT2D eigenvalue weighted by Crippen LogP contribution is -2.45. The summed E-state index contributed by atoms with van der Waals surface area (Å²) in [6, 6.07) is 8.29. The van der Waals surface area contributed by atoms with Crippen molar-refractivity contribution in [2.24, 2.45) is 0 Å². The lowest BCUT2D eigenvalue weighted by Gasteiger charge is -2.22. The van der Waals surface area contributed by atoms with Crippen LogP contribution in [0.15, 0.2) is 30.3 Å². The van der Waals surface area contributed by atoms with Gasteiger partial charge in [0, 0.05) is 5.56 Å². The molecule has 1 rings (SSSR count). The molecule has 0 aromatic heterocycles. The number of amides is 1. The number of rotatable bonds is 18. The number of nitrogens with one attached hydrogen (secondary N) is 1. The number of carbonyl (C=O) groups is 1. The van der Waals surface area contributed by atoms with Crippen LogP contribution in [0, 0.1) is 0 Å². The van der Waals surface area contributed by atoms with Gasteiger partial charge >= 0.3 is 0 Å². The molecule has 0 aliphatic carbocycles. The smallest absolute Gasteiger partial charge is 0.251 e. The highest BCUT2D eigenvalue weighted by Gasteiger charge is 2.20. The van der Waals surface area contributed by atoms with Crippen LogP contribution in [0.3, 0.4) is 0 Å².